The van der Waals surface area contributed by atoms with E-state index in [1.807, 2.05) is 30.5 Å². The monoisotopic (exact) mass is 466 g/mol. The first-order chi connectivity index (χ1) is 15.5. The summed E-state index contributed by atoms with van der Waals surface area (Å²) in [5, 5.41) is 4.49. The molecule has 2 heterocycles. The second-order valence-electron chi connectivity index (χ2n) is 8.78. The van der Waals surface area contributed by atoms with Crippen molar-refractivity contribution in [2.75, 3.05) is 43.4 Å². The number of benzene rings is 2. The number of thiazole rings is 1. The van der Waals surface area contributed by atoms with Crippen molar-refractivity contribution in [3.8, 4) is 0 Å². The molecule has 7 heteroatoms. The van der Waals surface area contributed by atoms with Crippen LogP contribution in [0.3, 0.4) is 0 Å². The summed E-state index contributed by atoms with van der Waals surface area (Å²) in [6.45, 7) is 4.17. The molecule has 3 aromatic rings. The first kappa shape index (κ1) is 21.4. The predicted molar refractivity (Wildman–Crippen MR) is 132 cm³/mol. The normalized spacial score (nSPS) is 17.9. The van der Waals surface area contributed by atoms with Gasteiger partial charge in [-0.3, -0.25) is 4.79 Å². The van der Waals surface area contributed by atoms with Crippen LogP contribution in [0.5, 0.6) is 0 Å². The minimum Gasteiger partial charge on any atom is -0.369 e. The molecule has 1 N–H and O–H groups in total. The van der Waals surface area contributed by atoms with Crippen molar-refractivity contribution in [1.82, 2.24) is 9.88 Å². The maximum atomic E-state index is 13.3. The number of hydrogen-bond acceptors (Lipinski definition) is 5. The summed E-state index contributed by atoms with van der Waals surface area (Å²) < 4.78 is 0. The fourth-order valence-corrected chi connectivity index (χ4v) is 5.36. The van der Waals surface area contributed by atoms with Crippen molar-refractivity contribution in [3.05, 3.63) is 75.8 Å². The third-order valence-electron chi connectivity index (χ3n) is 6.55. The van der Waals surface area contributed by atoms with Gasteiger partial charge in [-0.2, -0.15) is 0 Å². The number of rotatable bonds is 6. The molecule has 5 nitrogen and oxygen atoms in total. The summed E-state index contributed by atoms with van der Waals surface area (Å²) in [7, 11) is 2.16. The number of amides is 1. The van der Waals surface area contributed by atoms with Crippen LogP contribution < -0.4 is 10.2 Å². The minimum absolute atomic E-state index is 0.0478. The molecular weight excluding hydrogens is 440 g/mol. The number of carbonyl (C=O) groups excluding carboxylic acids is 1. The molecule has 1 aliphatic carbocycles. The number of piperazine rings is 1. The Labute approximate surface area is 198 Å². The molecule has 0 bridgehead atoms. The van der Waals surface area contributed by atoms with Gasteiger partial charge in [-0.15, -0.1) is 11.3 Å². The third kappa shape index (κ3) is 4.40. The van der Waals surface area contributed by atoms with Crippen molar-refractivity contribution < 1.29 is 4.79 Å². The van der Waals surface area contributed by atoms with Gasteiger partial charge in [-0.05, 0) is 49.2 Å². The van der Waals surface area contributed by atoms with E-state index in [0.29, 0.717) is 11.6 Å². The second kappa shape index (κ2) is 8.85. The highest BCUT2D eigenvalue weighted by atomic mass is 35.5. The fourth-order valence-electron chi connectivity index (χ4n) is 4.33. The molecule has 1 saturated heterocycles. The summed E-state index contributed by atoms with van der Waals surface area (Å²) >= 11 is 7.80. The molecule has 1 saturated carbocycles. The SMILES string of the molecule is CN1CCN(c2cccc(C3(C(=O)Nc4ncc(Cc5ccccc5Cl)s4)CC3)c2)CC1. The highest BCUT2D eigenvalue weighted by Crippen LogP contribution is 2.49. The van der Waals surface area contributed by atoms with E-state index in [9.17, 15) is 4.79 Å². The average molecular weight is 467 g/mol. The predicted octanol–water partition coefficient (Wildman–Crippen LogP) is 4.81. The molecule has 32 heavy (non-hydrogen) atoms. The van der Waals surface area contributed by atoms with Crippen LogP contribution in [0.4, 0.5) is 10.8 Å². The van der Waals surface area contributed by atoms with E-state index >= 15 is 0 Å². The Morgan fingerprint density at radius 2 is 1.91 bits per heavy atom. The maximum absolute atomic E-state index is 13.3. The van der Waals surface area contributed by atoms with E-state index in [2.05, 4.69) is 51.4 Å². The van der Waals surface area contributed by atoms with E-state index in [0.717, 1.165) is 60.0 Å². The Kier molecular flexibility index (Phi) is 5.93. The molecule has 0 unspecified atom stereocenters. The Hall–Kier alpha value is -2.41. The Bertz CT molecular complexity index is 1120. The molecule has 0 atom stereocenters. The van der Waals surface area contributed by atoms with Crippen LogP contribution in [0, 0.1) is 0 Å². The quantitative estimate of drug-likeness (QED) is 0.566. The van der Waals surface area contributed by atoms with Crippen LogP contribution in [-0.4, -0.2) is 49.0 Å². The first-order valence-corrected chi connectivity index (χ1v) is 12.3. The van der Waals surface area contributed by atoms with Gasteiger partial charge in [0, 0.05) is 54.4 Å². The Morgan fingerprint density at radius 1 is 1.12 bits per heavy atom. The number of halogens is 1. The van der Waals surface area contributed by atoms with Gasteiger partial charge in [-0.1, -0.05) is 41.9 Å². The van der Waals surface area contributed by atoms with Crippen molar-refractivity contribution in [3.63, 3.8) is 0 Å². The van der Waals surface area contributed by atoms with Gasteiger partial charge >= 0.3 is 0 Å². The number of anilines is 2. The molecule has 2 aliphatic rings. The topological polar surface area (TPSA) is 48.5 Å². The van der Waals surface area contributed by atoms with Gasteiger partial charge in [0.1, 0.15) is 0 Å². The third-order valence-corrected chi connectivity index (χ3v) is 7.83. The van der Waals surface area contributed by atoms with Crippen LogP contribution >= 0.6 is 22.9 Å². The molecule has 0 spiro atoms. The Balaban J connectivity index is 1.28. The van der Waals surface area contributed by atoms with Gasteiger partial charge in [0.15, 0.2) is 5.13 Å². The largest absolute Gasteiger partial charge is 0.369 e. The zero-order valence-electron chi connectivity index (χ0n) is 18.2. The average Bonchev–Trinajstić information content (AvgIpc) is 3.51. The lowest BCUT2D eigenvalue weighted by molar-refractivity contribution is -0.118. The van der Waals surface area contributed by atoms with Gasteiger partial charge in [0.2, 0.25) is 5.91 Å². The van der Waals surface area contributed by atoms with Gasteiger partial charge in [0.25, 0.3) is 0 Å². The number of aromatic nitrogens is 1. The van der Waals surface area contributed by atoms with E-state index in [1.165, 1.54) is 17.0 Å². The molecule has 166 valence electrons. The number of hydrogen-bond donors (Lipinski definition) is 1. The number of likely N-dealkylation sites (N-methyl/N-ethyl adjacent to an activating group) is 1. The molecule has 0 radical (unpaired) electrons. The molecule has 2 aromatic carbocycles. The standard InChI is InChI=1S/C25H27ClN4OS/c1-29-11-13-30(14-12-29)20-7-4-6-19(16-20)25(9-10-25)23(31)28-24-27-17-21(32-24)15-18-5-2-3-8-22(18)26/h2-8,16-17H,9-15H2,1H3,(H,27,28,31). The fraction of sp³-hybridized carbons (Fsp3) is 0.360. The van der Waals surface area contributed by atoms with E-state index < -0.39 is 5.41 Å². The van der Waals surface area contributed by atoms with E-state index in [-0.39, 0.29) is 5.91 Å². The Morgan fingerprint density at radius 3 is 2.66 bits per heavy atom. The van der Waals surface area contributed by atoms with Crippen LogP contribution in [0.2, 0.25) is 5.02 Å². The molecule has 1 aliphatic heterocycles. The van der Waals surface area contributed by atoms with Gasteiger partial charge < -0.3 is 15.1 Å². The zero-order chi connectivity index (χ0) is 22.1. The van der Waals surface area contributed by atoms with Crippen molar-refractivity contribution >= 4 is 39.7 Å². The minimum atomic E-state index is -0.433. The summed E-state index contributed by atoms with van der Waals surface area (Å²) in [5.74, 6) is 0.0478. The van der Waals surface area contributed by atoms with Crippen LogP contribution in [0.1, 0.15) is 28.8 Å². The second-order valence-corrected chi connectivity index (χ2v) is 10.3. The molecular formula is C25H27ClN4OS. The van der Waals surface area contributed by atoms with Gasteiger partial charge in [-0.25, -0.2) is 4.98 Å². The number of nitrogens with zero attached hydrogens (tertiary/aromatic N) is 3. The number of carbonyl (C=O) groups is 1. The summed E-state index contributed by atoms with van der Waals surface area (Å²) in [6, 6.07) is 16.4. The van der Waals surface area contributed by atoms with Crippen LogP contribution in [-0.2, 0) is 16.6 Å². The summed E-state index contributed by atoms with van der Waals surface area (Å²) in [6.07, 6.45) is 4.30. The van der Waals surface area contributed by atoms with Crippen LogP contribution in [0.25, 0.3) is 0 Å². The molecule has 2 fully saturated rings. The van der Waals surface area contributed by atoms with Gasteiger partial charge in [0.05, 0.1) is 5.41 Å². The number of nitrogens with one attached hydrogen (secondary N) is 1. The molecule has 1 aromatic heterocycles. The zero-order valence-corrected chi connectivity index (χ0v) is 19.8. The van der Waals surface area contributed by atoms with Crippen LogP contribution in [0.15, 0.2) is 54.7 Å². The highest BCUT2D eigenvalue weighted by Gasteiger charge is 2.51. The van der Waals surface area contributed by atoms with Crippen molar-refractivity contribution in [1.29, 1.82) is 0 Å². The summed E-state index contributed by atoms with van der Waals surface area (Å²) in [4.78, 5) is 23.6. The summed E-state index contributed by atoms with van der Waals surface area (Å²) in [5.41, 5.74) is 2.96. The maximum Gasteiger partial charge on any atom is 0.236 e. The highest BCUT2D eigenvalue weighted by molar-refractivity contribution is 7.15. The van der Waals surface area contributed by atoms with E-state index in [4.69, 9.17) is 11.6 Å². The smallest absolute Gasteiger partial charge is 0.236 e. The van der Waals surface area contributed by atoms with Crippen molar-refractivity contribution in [2.24, 2.45) is 0 Å². The molecule has 1 amide bonds. The lowest BCUT2D eigenvalue weighted by Crippen LogP contribution is -2.44. The lowest BCUT2D eigenvalue weighted by Gasteiger charge is -2.34. The van der Waals surface area contributed by atoms with E-state index in [1.54, 1.807) is 0 Å². The molecule has 5 rings (SSSR count). The lowest BCUT2D eigenvalue weighted by atomic mass is 9.94. The van der Waals surface area contributed by atoms with Crippen molar-refractivity contribution in [2.45, 2.75) is 24.7 Å². The first-order valence-electron chi connectivity index (χ1n) is 11.1.